The van der Waals surface area contributed by atoms with Gasteiger partial charge in [0, 0.05) is 34.5 Å². The van der Waals surface area contributed by atoms with Crippen LogP contribution in [0.3, 0.4) is 0 Å². The molecule has 7 heteroatoms. The van der Waals surface area contributed by atoms with Crippen LogP contribution in [0.5, 0.6) is 5.75 Å². The van der Waals surface area contributed by atoms with Crippen molar-refractivity contribution < 1.29 is 14.2 Å². The summed E-state index contributed by atoms with van der Waals surface area (Å²) in [5.74, 6) is 1.01. The number of aromatic nitrogens is 2. The van der Waals surface area contributed by atoms with Crippen LogP contribution in [0.2, 0.25) is 5.02 Å². The average Bonchev–Trinajstić information content (AvgIpc) is 3.42. The second kappa shape index (κ2) is 9.88. The molecule has 1 aliphatic rings. The number of thioether (sulfide) groups is 1. The van der Waals surface area contributed by atoms with Crippen LogP contribution in [0, 0.1) is 0 Å². The van der Waals surface area contributed by atoms with Crippen molar-refractivity contribution in [1.29, 1.82) is 0 Å². The molecule has 5 nitrogen and oxygen atoms in total. The molecule has 1 aliphatic heterocycles. The number of nitrogens with zero attached hydrogens (tertiary/aromatic N) is 2. The molecule has 2 unspecified atom stereocenters. The predicted molar refractivity (Wildman–Crippen MR) is 119 cm³/mol. The number of ether oxygens (including phenoxy) is 3. The number of aryl methyl sites for hydroxylation is 1. The Morgan fingerprint density at radius 2 is 2.13 bits per heavy atom. The molecule has 0 saturated carbocycles. The second-order valence-electron chi connectivity index (χ2n) is 7.31. The molecule has 158 valence electrons. The van der Waals surface area contributed by atoms with Crippen molar-refractivity contribution in [2.45, 2.75) is 36.2 Å². The normalized spacial score (nSPS) is 21.1. The minimum Gasteiger partial charge on any atom is -0.497 e. The molecule has 1 aromatic heterocycles. The minimum absolute atomic E-state index is 0.0216. The highest BCUT2D eigenvalue weighted by Crippen LogP contribution is 2.33. The molecule has 0 N–H and O–H groups in total. The summed E-state index contributed by atoms with van der Waals surface area (Å²) < 4.78 is 20.0. The zero-order chi connectivity index (χ0) is 20.8. The molecule has 0 amide bonds. The average molecular weight is 445 g/mol. The van der Waals surface area contributed by atoms with Crippen molar-refractivity contribution in [3.63, 3.8) is 0 Å². The number of rotatable bonds is 9. The van der Waals surface area contributed by atoms with Gasteiger partial charge in [-0.1, -0.05) is 29.8 Å². The van der Waals surface area contributed by atoms with Crippen molar-refractivity contribution in [3.05, 3.63) is 77.8 Å². The molecule has 0 bridgehead atoms. The number of imidazole rings is 1. The molecule has 0 radical (unpaired) electrons. The third-order valence-electron chi connectivity index (χ3n) is 5.08. The van der Waals surface area contributed by atoms with Crippen molar-refractivity contribution in [2.75, 3.05) is 19.5 Å². The Kier molecular flexibility index (Phi) is 7.00. The Hall–Kier alpha value is -1.99. The lowest BCUT2D eigenvalue weighted by molar-refractivity contribution is -0.180. The smallest absolute Gasteiger partial charge is 0.187 e. The summed E-state index contributed by atoms with van der Waals surface area (Å²) in [6, 6.07) is 16.0. The molecule has 2 aromatic carbocycles. The maximum Gasteiger partial charge on any atom is 0.187 e. The predicted octanol–water partition coefficient (Wildman–Crippen LogP) is 5.08. The molecule has 30 heavy (non-hydrogen) atoms. The summed E-state index contributed by atoms with van der Waals surface area (Å²) in [6.07, 6.45) is 7.15. The third-order valence-corrected chi connectivity index (χ3v) is 6.44. The van der Waals surface area contributed by atoms with E-state index in [1.807, 2.05) is 41.1 Å². The molecule has 0 spiro atoms. The maximum absolute atomic E-state index is 6.49. The lowest BCUT2D eigenvalue weighted by Gasteiger charge is -2.28. The van der Waals surface area contributed by atoms with E-state index in [-0.39, 0.29) is 6.10 Å². The summed E-state index contributed by atoms with van der Waals surface area (Å²) in [5, 5.41) is 0.748. The Morgan fingerprint density at radius 1 is 1.27 bits per heavy atom. The standard InChI is InChI=1S/C23H25ClN2O3S/c1-27-20-7-5-18(6-8-20)9-10-23(16-26-12-11-25-17-26)28-14-21(29-23)15-30-22-4-2-3-19(24)13-22/h2-8,11-13,17,21H,9-10,14-16H2,1H3. The fourth-order valence-electron chi connectivity index (χ4n) is 3.52. The highest BCUT2D eigenvalue weighted by molar-refractivity contribution is 7.99. The number of methoxy groups -OCH3 is 1. The summed E-state index contributed by atoms with van der Waals surface area (Å²) >= 11 is 7.83. The van der Waals surface area contributed by atoms with Gasteiger partial charge in [0.25, 0.3) is 0 Å². The van der Waals surface area contributed by atoms with Crippen molar-refractivity contribution in [2.24, 2.45) is 0 Å². The summed E-state index contributed by atoms with van der Waals surface area (Å²) in [4.78, 5) is 5.29. The van der Waals surface area contributed by atoms with Crippen LogP contribution in [0.15, 0.2) is 72.1 Å². The van der Waals surface area contributed by atoms with Gasteiger partial charge in [0.05, 0.1) is 32.7 Å². The minimum atomic E-state index is -0.666. The van der Waals surface area contributed by atoms with E-state index >= 15 is 0 Å². The van der Waals surface area contributed by atoms with Crippen LogP contribution in [-0.2, 0) is 22.4 Å². The topological polar surface area (TPSA) is 45.5 Å². The van der Waals surface area contributed by atoms with E-state index in [1.54, 1.807) is 31.4 Å². The second-order valence-corrected chi connectivity index (χ2v) is 8.84. The number of halogens is 1. The van der Waals surface area contributed by atoms with Crippen LogP contribution in [0.1, 0.15) is 12.0 Å². The van der Waals surface area contributed by atoms with E-state index in [0.717, 1.165) is 34.3 Å². The van der Waals surface area contributed by atoms with E-state index in [0.29, 0.717) is 13.2 Å². The van der Waals surface area contributed by atoms with Gasteiger partial charge in [-0.25, -0.2) is 4.98 Å². The Balaban J connectivity index is 1.40. The molecular weight excluding hydrogens is 420 g/mol. The van der Waals surface area contributed by atoms with Crippen molar-refractivity contribution in [3.8, 4) is 5.75 Å². The van der Waals surface area contributed by atoms with Gasteiger partial charge in [0.2, 0.25) is 0 Å². The van der Waals surface area contributed by atoms with Gasteiger partial charge in [0.15, 0.2) is 5.79 Å². The van der Waals surface area contributed by atoms with Crippen LogP contribution in [0.4, 0.5) is 0 Å². The Bertz CT molecular complexity index is 936. The zero-order valence-corrected chi connectivity index (χ0v) is 18.4. The number of hydrogen-bond donors (Lipinski definition) is 0. The molecule has 3 aromatic rings. The molecule has 1 fully saturated rings. The molecule has 1 saturated heterocycles. The van der Waals surface area contributed by atoms with Crippen LogP contribution in [-0.4, -0.2) is 40.9 Å². The van der Waals surface area contributed by atoms with E-state index in [2.05, 4.69) is 23.2 Å². The highest BCUT2D eigenvalue weighted by Gasteiger charge is 2.41. The van der Waals surface area contributed by atoms with Gasteiger partial charge in [-0.05, 0) is 42.3 Å². The monoisotopic (exact) mass is 444 g/mol. The summed E-state index contributed by atoms with van der Waals surface area (Å²) in [5.41, 5.74) is 1.23. The van der Waals surface area contributed by atoms with Gasteiger partial charge in [-0.2, -0.15) is 0 Å². The van der Waals surface area contributed by atoms with Gasteiger partial charge in [-0.15, -0.1) is 11.8 Å². The Labute approximate surface area is 186 Å². The van der Waals surface area contributed by atoms with E-state index < -0.39 is 5.79 Å². The van der Waals surface area contributed by atoms with E-state index in [4.69, 9.17) is 25.8 Å². The fourth-order valence-corrected chi connectivity index (χ4v) is 4.71. The van der Waals surface area contributed by atoms with Gasteiger partial charge in [0.1, 0.15) is 5.75 Å². The van der Waals surface area contributed by atoms with Crippen molar-refractivity contribution in [1.82, 2.24) is 9.55 Å². The molecule has 2 atom stereocenters. The maximum atomic E-state index is 6.49. The quantitative estimate of drug-likeness (QED) is 0.430. The van der Waals surface area contributed by atoms with E-state index in [1.165, 1.54) is 5.56 Å². The lowest BCUT2D eigenvalue weighted by Crippen LogP contribution is -2.37. The third kappa shape index (κ3) is 5.58. The molecular formula is C23H25ClN2O3S. The summed E-state index contributed by atoms with van der Waals surface area (Å²) in [6.45, 7) is 1.19. The first kappa shape index (κ1) is 21.2. The number of benzene rings is 2. The van der Waals surface area contributed by atoms with Gasteiger partial charge < -0.3 is 18.8 Å². The van der Waals surface area contributed by atoms with E-state index in [9.17, 15) is 0 Å². The largest absolute Gasteiger partial charge is 0.497 e. The first-order valence-electron chi connectivity index (χ1n) is 9.93. The molecule has 4 rings (SSSR count). The highest BCUT2D eigenvalue weighted by atomic mass is 35.5. The molecule has 2 heterocycles. The zero-order valence-electron chi connectivity index (χ0n) is 16.9. The number of hydrogen-bond acceptors (Lipinski definition) is 5. The fraction of sp³-hybridized carbons (Fsp3) is 0.348. The summed E-state index contributed by atoms with van der Waals surface area (Å²) in [7, 11) is 1.68. The van der Waals surface area contributed by atoms with Gasteiger partial charge in [-0.3, -0.25) is 0 Å². The SMILES string of the molecule is COc1ccc(CCC2(Cn3ccnc3)OCC(CSc3cccc(Cl)c3)O2)cc1. The Morgan fingerprint density at radius 3 is 2.87 bits per heavy atom. The first-order valence-corrected chi connectivity index (χ1v) is 11.3. The van der Waals surface area contributed by atoms with Crippen molar-refractivity contribution >= 4 is 23.4 Å². The molecule has 0 aliphatic carbocycles. The first-order chi connectivity index (χ1) is 14.6. The van der Waals surface area contributed by atoms with Crippen LogP contribution < -0.4 is 4.74 Å². The van der Waals surface area contributed by atoms with Crippen LogP contribution in [0.25, 0.3) is 0 Å². The van der Waals surface area contributed by atoms with Crippen LogP contribution >= 0.6 is 23.4 Å². The van der Waals surface area contributed by atoms with Gasteiger partial charge >= 0.3 is 0 Å². The lowest BCUT2D eigenvalue weighted by atomic mass is 10.0.